The van der Waals surface area contributed by atoms with Crippen LogP contribution in [0.2, 0.25) is 0 Å². The molecule has 9 heteroatoms. The molecule has 7 rings (SSSR count). The summed E-state index contributed by atoms with van der Waals surface area (Å²) in [6.07, 6.45) is 4.88. The molecular weight excluding hydrogens is 587 g/mol. The summed E-state index contributed by atoms with van der Waals surface area (Å²) in [5.41, 5.74) is 7.71. The first kappa shape index (κ1) is 27.9. The predicted octanol–water partition coefficient (Wildman–Crippen LogP) is 7.90. The lowest BCUT2D eigenvalue weighted by Crippen LogP contribution is -2.26. The lowest BCUT2D eigenvalue weighted by molar-refractivity contribution is 0.591. The van der Waals surface area contributed by atoms with E-state index in [2.05, 4.69) is 64.6 Å². The van der Waals surface area contributed by atoms with Gasteiger partial charge < -0.3 is 9.55 Å². The zero-order valence-corrected chi connectivity index (χ0v) is 25.8. The summed E-state index contributed by atoms with van der Waals surface area (Å²) in [6, 6.07) is 34.9. The molecule has 0 bridgehead atoms. The summed E-state index contributed by atoms with van der Waals surface area (Å²) < 4.78 is 29.2. The first-order chi connectivity index (χ1) is 21.4. The smallest absolute Gasteiger partial charge is 0.283 e. The van der Waals surface area contributed by atoms with Crippen molar-refractivity contribution in [2.24, 2.45) is 7.05 Å². The molecule has 44 heavy (non-hydrogen) atoms. The molecular formula is C35H29N5O2S2. The van der Waals surface area contributed by atoms with Crippen molar-refractivity contribution in [1.82, 2.24) is 19.5 Å². The molecule has 0 radical (unpaired) electrons. The van der Waals surface area contributed by atoms with E-state index in [9.17, 15) is 8.42 Å². The van der Waals surface area contributed by atoms with E-state index in [1.165, 1.54) is 27.3 Å². The van der Waals surface area contributed by atoms with E-state index >= 15 is 0 Å². The molecule has 0 unspecified atom stereocenters. The molecule has 218 valence electrons. The van der Waals surface area contributed by atoms with Gasteiger partial charge in [-0.25, -0.2) is 9.97 Å². The number of anilines is 1. The second kappa shape index (κ2) is 11.3. The topological polar surface area (TPSA) is 83.9 Å². The third kappa shape index (κ3) is 5.14. The van der Waals surface area contributed by atoms with E-state index in [-0.39, 0.29) is 5.03 Å². The van der Waals surface area contributed by atoms with Crippen molar-refractivity contribution >= 4 is 49.4 Å². The summed E-state index contributed by atoms with van der Waals surface area (Å²) in [4.78, 5) is 13.7. The average Bonchev–Trinajstić information content (AvgIpc) is 3.67. The van der Waals surface area contributed by atoms with Crippen LogP contribution < -0.4 is 4.31 Å². The van der Waals surface area contributed by atoms with Crippen molar-refractivity contribution in [3.8, 4) is 22.3 Å². The molecule has 0 saturated carbocycles. The Balaban J connectivity index is 1.32. The molecule has 1 N–H and O–H groups in total. The quantitative estimate of drug-likeness (QED) is 0.176. The van der Waals surface area contributed by atoms with Crippen molar-refractivity contribution in [1.29, 1.82) is 0 Å². The number of aromatic nitrogens is 4. The van der Waals surface area contributed by atoms with Gasteiger partial charge in [-0.2, -0.15) is 8.42 Å². The second-order valence-corrected chi connectivity index (χ2v) is 13.6. The van der Waals surface area contributed by atoms with Gasteiger partial charge in [0.15, 0.2) is 5.03 Å². The highest BCUT2D eigenvalue weighted by molar-refractivity contribution is 7.98. The highest BCUT2D eigenvalue weighted by Crippen LogP contribution is 2.41. The molecule has 0 aliphatic carbocycles. The zero-order chi connectivity index (χ0) is 30.3. The van der Waals surface area contributed by atoms with Crippen LogP contribution in [0, 0.1) is 0 Å². The highest BCUT2D eigenvalue weighted by atomic mass is 32.2. The van der Waals surface area contributed by atoms with E-state index in [1.54, 1.807) is 18.7 Å². The Morgan fingerprint density at radius 1 is 0.864 bits per heavy atom. The number of thioether (sulfide) groups is 1. The number of imidazole rings is 1. The Hall–Kier alpha value is -4.86. The second-order valence-electron chi connectivity index (χ2n) is 10.6. The van der Waals surface area contributed by atoms with Gasteiger partial charge in [-0.05, 0) is 53.1 Å². The molecule has 4 aromatic carbocycles. The maximum Gasteiger partial charge on any atom is 0.283 e. The van der Waals surface area contributed by atoms with Crippen molar-refractivity contribution in [3.05, 3.63) is 127 Å². The fourth-order valence-electron chi connectivity index (χ4n) is 5.45. The number of aromatic amines is 1. The molecule has 0 fully saturated rings. The first-order valence-electron chi connectivity index (χ1n) is 14.1. The number of pyridine rings is 1. The number of hydrogen-bond acceptors (Lipinski definition) is 5. The number of nitrogens with one attached hydrogen (secondary N) is 1. The van der Waals surface area contributed by atoms with Crippen molar-refractivity contribution < 1.29 is 8.42 Å². The fraction of sp³-hybridized carbons (Fsp3) is 0.0857. The van der Waals surface area contributed by atoms with Crippen LogP contribution in [0.15, 0.2) is 132 Å². The Kier molecular flexibility index (Phi) is 7.20. The van der Waals surface area contributed by atoms with Crippen LogP contribution in [0.25, 0.3) is 44.2 Å². The van der Waals surface area contributed by atoms with E-state index in [0.717, 1.165) is 49.9 Å². The maximum absolute atomic E-state index is 13.2. The summed E-state index contributed by atoms with van der Waals surface area (Å²) in [5, 5.41) is 2.19. The number of sulfonamides is 1. The molecule has 0 atom stereocenters. The van der Waals surface area contributed by atoms with Crippen LogP contribution in [0.5, 0.6) is 0 Å². The third-order valence-corrected chi connectivity index (χ3v) is 10.5. The monoisotopic (exact) mass is 615 g/mol. The third-order valence-electron chi connectivity index (χ3n) is 7.74. The van der Waals surface area contributed by atoms with E-state index in [0.29, 0.717) is 5.69 Å². The lowest BCUT2D eigenvalue weighted by atomic mass is 9.92. The van der Waals surface area contributed by atoms with Gasteiger partial charge in [-0.3, -0.25) is 4.31 Å². The Morgan fingerprint density at radius 3 is 2.30 bits per heavy atom. The van der Waals surface area contributed by atoms with Crippen LogP contribution in [0.4, 0.5) is 5.69 Å². The molecule has 0 amide bonds. The maximum atomic E-state index is 13.2. The number of H-pyrrole nitrogens is 1. The Labute approximate surface area is 260 Å². The highest BCUT2D eigenvalue weighted by Gasteiger charge is 2.24. The van der Waals surface area contributed by atoms with Crippen molar-refractivity contribution in [3.63, 3.8) is 0 Å². The van der Waals surface area contributed by atoms with Gasteiger partial charge >= 0.3 is 0 Å². The van der Waals surface area contributed by atoms with Gasteiger partial charge in [0.2, 0.25) is 0 Å². The van der Waals surface area contributed by atoms with Gasteiger partial charge in [0, 0.05) is 64.6 Å². The van der Waals surface area contributed by atoms with Crippen molar-refractivity contribution in [2.75, 3.05) is 11.4 Å². The van der Waals surface area contributed by atoms with E-state index < -0.39 is 10.0 Å². The minimum Gasteiger partial charge on any atom is -0.339 e. The molecule has 7 aromatic rings. The van der Waals surface area contributed by atoms with Crippen LogP contribution in [-0.2, 0) is 22.8 Å². The summed E-state index contributed by atoms with van der Waals surface area (Å²) in [5.74, 6) is 0.858. The molecule has 0 spiro atoms. The molecule has 3 heterocycles. The molecule has 0 aliphatic heterocycles. The fourth-order valence-corrected chi connectivity index (χ4v) is 7.47. The molecule has 7 nitrogen and oxygen atoms in total. The minimum absolute atomic E-state index is 0.00784. The number of nitrogens with zero attached hydrogens (tertiary/aromatic N) is 4. The first-order valence-corrected chi connectivity index (χ1v) is 16.5. The van der Waals surface area contributed by atoms with Crippen LogP contribution in [0.3, 0.4) is 0 Å². The zero-order valence-electron chi connectivity index (χ0n) is 24.2. The largest absolute Gasteiger partial charge is 0.339 e. The van der Waals surface area contributed by atoms with E-state index in [4.69, 9.17) is 4.98 Å². The van der Waals surface area contributed by atoms with Crippen molar-refractivity contribution in [2.45, 2.75) is 15.7 Å². The molecule has 0 aliphatic rings. The SMILES string of the molecule is CN(c1ccc(-c2cnc3[nH]c4ccc(CSc5ccccc5)cc4c3c2-c2ccccc2)cc1)S(=O)(=O)c1cn(C)cn1. The Morgan fingerprint density at radius 2 is 1.59 bits per heavy atom. The predicted molar refractivity (Wildman–Crippen MR) is 179 cm³/mol. The minimum atomic E-state index is -3.79. The van der Waals surface area contributed by atoms with Gasteiger partial charge in [-0.1, -0.05) is 66.7 Å². The Bertz CT molecular complexity index is 2210. The molecule has 0 saturated heterocycles. The normalized spacial score (nSPS) is 11.8. The van der Waals surface area contributed by atoms with Crippen LogP contribution in [-0.4, -0.2) is 35.0 Å². The average molecular weight is 616 g/mol. The van der Waals surface area contributed by atoms with Gasteiger partial charge in [0.1, 0.15) is 5.65 Å². The van der Waals surface area contributed by atoms with E-state index in [1.807, 2.05) is 66.5 Å². The summed E-state index contributed by atoms with van der Waals surface area (Å²) >= 11 is 1.82. The van der Waals surface area contributed by atoms with Gasteiger partial charge in [0.05, 0.1) is 12.0 Å². The summed E-state index contributed by atoms with van der Waals surface area (Å²) in [7, 11) is -0.501. The number of aryl methyl sites for hydroxylation is 1. The van der Waals surface area contributed by atoms with Crippen LogP contribution in [0.1, 0.15) is 5.56 Å². The number of rotatable bonds is 8. The van der Waals surface area contributed by atoms with Gasteiger partial charge in [0.25, 0.3) is 10.0 Å². The molecule has 3 aromatic heterocycles. The van der Waals surface area contributed by atoms with Gasteiger partial charge in [-0.15, -0.1) is 11.8 Å². The van der Waals surface area contributed by atoms with Crippen LogP contribution >= 0.6 is 11.8 Å². The summed E-state index contributed by atoms with van der Waals surface area (Å²) in [6.45, 7) is 0. The number of fused-ring (bicyclic) bond motifs is 3. The lowest BCUT2D eigenvalue weighted by Gasteiger charge is -2.19. The number of benzene rings is 4. The standard InChI is InChI=1S/C35H29N5O2S2/c1-39-21-32(37-23-39)44(41,42)40(2)27-16-14-25(15-17-27)30-20-36-35-34(33(30)26-9-5-3-6-10-26)29-19-24(13-18-31(29)38-35)22-43-28-11-7-4-8-12-28/h3-21,23H,22H2,1-2H3,(H,36,38). The number of hydrogen-bond donors (Lipinski definition) is 1.